The first-order valence-corrected chi connectivity index (χ1v) is 9.46. The maximum atomic E-state index is 6.15. The summed E-state index contributed by atoms with van der Waals surface area (Å²) in [4.78, 5) is 2.81. The number of rotatable bonds is 4. The molecule has 122 valence electrons. The van der Waals surface area contributed by atoms with Crippen LogP contribution in [0.25, 0.3) is 0 Å². The summed E-state index contributed by atoms with van der Waals surface area (Å²) in [6.07, 6.45) is 15.0. The number of aryl methyl sites for hydroxylation is 1. The molecule has 0 bridgehead atoms. The van der Waals surface area contributed by atoms with Gasteiger partial charge < -0.3 is 10.6 Å². The van der Waals surface area contributed by atoms with Crippen LogP contribution in [0.2, 0.25) is 0 Å². The van der Waals surface area contributed by atoms with Gasteiger partial charge in [-0.05, 0) is 49.8 Å². The highest BCUT2D eigenvalue weighted by molar-refractivity contribution is 5.62. The first-order chi connectivity index (χ1) is 10.8. The minimum absolute atomic E-state index is 0.740. The Morgan fingerprint density at radius 1 is 0.909 bits per heavy atom. The summed E-state index contributed by atoms with van der Waals surface area (Å²) in [6, 6.07) is 8.06. The molecule has 2 N–H and O–H groups in total. The number of anilines is 2. The van der Waals surface area contributed by atoms with Crippen molar-refractivity contribution in [3.63, 3.8) is 0 Å². The molecule has 0 aliphatic heterocycles. The van der Waals surface area contributed by atoms with Crippen LogP contribution in [-0.4, -0.2) is 12.1 Å². The van der Waals surface area contributed by atoms with Crippen molar-refractivity contribution in [3.8, 4) is 0 Å². The molecule has 3 rings (SSSR count). The normalized spacial score (nSPS) is 21.0. The third-order valence-corrected chi connectivity index (χ3v) is 5.70. The van der Waals surface area contributed by atoms with Crippen molar-refractivity contribution >= 4 is 11.4 Å². The van der Waals surface area contributed by atoms with Crippen molar-refractivity contribution in [2.45, 2.75) is 89.6 Å². The van der Waals surface area contributed by atoms with Crippen LogP contribution in [-0.2, 0) is 6.42 Å². The number of nitrogen functional groups attached to an aromatic ring is 1. The van der Waals surface area contributed by atoms with E-state index in [1.54, 1.807) is 0 Å². The molecule has 0 unspecified atom stereocenters. The van der Waals surface area contributed by atoms with Gasteiger partial charge in [-0.1, -0.05) is 51.5 Å². The van der Waals surface area contributed by atoms with Gasteiger partial charge in [-0.15, -0.1) is 0 Å². The summed E-state index contributed by atoms with van der Waals surface area (Å²) < 4.78 is 0. The van der Waals surface area contributed by atoms with Gasteiger partial charge in [-0.2, -0.15) is 0 Å². The lowest BCUT2D eigenvalue weighted by molar-refractivity contribution is 0.339. The van der Waals surface area contributed by atoms with Crippen molar-refractivity contribution in [1.29, 1.82) is 0 Å². The molecule has 0 amide bonds. The van der Waals surface area contributed by atoms with Crippen LogP contribution >= 0.6 is 0 Å². The van der Waals surface area contributed by atoms with E-state index in [-0.39, 0.29) is 0 Å². The van der Waals surface area contributed by atoms with Gasteiger partial charge in [0.25, 0.3) is 0 Å². The Kier molecular flexibility index (Phi) is 5.28. The van der Waals surface area contributed by atoms with Gasteiger partial charge in [-0.25, -0.2) is 0 Å². The Hall–Kier alpha value is -1.18. The summed E-state index contributed by atoms with van der Waals surface area (Å²) in [5.74, 6) is 0. The zero-order chi connectivity index (χ0) is 15.4. The van der Waals surface area contributed by atoms with E-state index in [9.17, 15) is 0 Å². The Morgan fingerprint density at radius 2 is 1.45 bits per heavy atom. The molecule has 0 saturated heterocycles. The van der Waals surface area contributed by atoms with Crippen LogP contribution in [0.5, 0.6) is 0 Å². The van der Waals surface area contributed by atoms with Crippen LogP contribution in [0.1, 0.15) is 76.7 Å². The molecule has 0 aromatic heterocycles. The summed E-state index contributed by atoms with van der Waals surface area (Å²) in [5.41, 5.74) is 10.00. The molecule has 0 heterocycles. The van der Waals surface area contributed by atoms with Crippen molar-refractivity contribution < 1.29 is 0 Å². The van der Waals surface area contributed by atoms with E-state index in [0.717, 1.165) is 24.2 Å². The maximum absolute atomic E-state index is 6.15. The highest BCUT2D eigenvalue weighted by atomic mass is 15.2. The molecule has 2 aliphatic rings. The van der Waals surface area contributed by atoms with Crippen molar-refractivity contribution in [1.82, 2.24) is 0 Å². The second-order valence-electron chi connectivity index (χ2n) is 7.23. The van der Waals surface area contributed by atoms with Crippen LogP contribution in [0, 0.1) is 0 Å². The Morgan fingerprint density at radius 3 is 1.95 bits per heavy atom. The molecule has 1 aromatic rings. The van der Waals surface area contributed by atoms with Crippen molar-refractivity contribution in [2.24, 2.45) is 0 Å². The largest absolute Gasteiger partial charge is 0.399 e. The van der Waals surface area contributed by atoms with Gasteiger partial charge in [0.15, 0.2) is 0 Å². The number of hydrogen-bond acceptors (Lipinski definition) is 2. The van der Waals surface area contributed by atoms with Gasteiger partial charge >= 0.3 is 0 Å². The third kappa shape index (κ3) is 3.42. The highest BCUT2D eigenvalue weighted by Crippen LogP contribution is 2.37. The van der Waals surface area contributed by atoms with Crippen LogP contribution in [0.4, 0.5) is 11.4 Å². The van der Waals surface area contributed by atoms with E-state index in [1.165, 1.54) is 75.5 Å². The summed E-state index contributed by atoms with van der Waals surface area (Å²) in [5, 5.41) is 0. The molecular weight excluding hydrogens is 268 g/mol. The molecule has 2 nitrogen and oxygen atoms in total. The fourth-order valence-corrected chi connectivity index (χ4v) is 4.53. The molecule has 2 saturated carbocycles. The number of nitrogens with two attached hydrogens (primary N) is 1. The molecule has 2 fully saturated rings. The van der Waals surface area contributed by atoms with E-state index in [4.69, 9.17) is 5.73 Å². The summed E-state index contributed by atoms with van der Waals surface area (Å²) in [6.45, 7) is 2.27. The Labute approximate surface area is 136 Å². The molecule has 22 heavy (non-hydrogen) atoms. The van der Waals surface area contributed by atoms with E-state index >= 15 is 0 Å². The van der Waals surface area contributed by atoms with Gasteiger partial charge in [0.05, 0.1) is 0 Å². The Balaban J connectivity index is 1.94. The Bertz CT molecular complexity index is 453. The lowest BCUT2D eigenvalue weighted by Gasteiger charge is -2.44. The molecule has 0 radical (unpaired) electrons. The van der Waals surface area contributed by atoms with E-state index in [1.807, 2.05) is 0 Å². The molecule has 0 atom stereocenters. The standard InChI is InChI=1S/C20H32N2/c1-2-16-13-14-17(21)15-20(16)22(18-9-5-3-6-10-18)19-11-7-4-8-12-19/h13-15,18-19H,2-12,21H2,1H3. The molecule has 2 aliphatic carbocycles. The zero-order valence-corrected chi connectivity index (χ0v) is 14.2. The fourth-order valence-electron chi connectivity index (χ4n) is 4.53. The minimum atomic E-state index is 0.740. The number of benzene rings is 1. The first kappa shape index (κ1) is 15.7. The fraction of sp³-hybridized carbons (Fsp3) is 0.700. The van der Waals surface area contributed by atoms with Crippen LogP contribution in [0.15, 0.2) is 18.2 Å². The summed E-state index contributed by atoms with van der Waals surface area (Å²) in [7, 11) is 0. The van der Waals surface area contributed by atoms with Gasteiger partial charge in [0.1, 0.15) is 0 Å². The van der Waals surface area contributed by atoms with E-state index in [0.29, 0.717) is 0 Å². The minimum Gasteiger partial charge on any atom is -0.399 e. The third-order valence-electron chi connectivity index (χ3n) is 5.70. The predicted octanol–water partition coefficient (Wildman–Crippen LogP) is 5.30. The lowest BCUT2D eigenvalue weighted by Crippen LogP contribution is -2.46. The average molecular weight is 300 g/mol. The predicted molar refractivity (Wildman–Crippen MR) is 96.5 cm³/mol. The second kappa shape index (κ2) is 7.39. The monoisotopic (exact) mass is 300 g/mol. The molecule has 0 spiro atoms. The molecular formula is C20H32N2. The first-order valence-electron chi connectivity index (χ1n) is 9.46. The van der Waals surface area contributed by atoms with E-state index < -0.39 is 0 Å². The highest BCUT2D eigenvalue weighted by Gasteiger charge is 2.30. The number of hydrogen-bond donors (Lipinski definition) is 1. The smallest absolute Gasteiger partial charge is 0.0424 e. The zero-order valence-electron chi connectivity index (χ0n) is 14.2. The lowest BCUT2D eigenvalue weighted by atomic mass is 9.87. The van der Waals surface area contributed by atoms with Crippen LogP contribution < -0.4 is 10.6 Å². The van der Waals surface area contributed by atoms with Gasteiger partial charge in [0, 0.05) is 23.5 Å². The average Bonchev–Trinajstić information content (AvgIpc) is 2.57. The van der Waals surface area contributed by atoms with Gasteiger partial charge in [0.2, 0.25) is 0 Å². The van der Waals surface area contributed by atoms with Crippen molar-refractivity contribution in [3.05, 3.63) is 23.8 Å². The molecule has 2 heteroatoms. The quantitative estimate of drug-likeness (QED) is 0.764. The van der Waals surface area contributed by atoms with Gasteiger partial charge in [-0.3, -0.25) is 0 Å². The van der Waals surface area contributed by atoms with E-state index in [2.05, 4.69) is 30.0 Å². The molecule has 1 aromatic carbocycles. The number of nitrogens with zero attached hydrogens (tertiary/aromatic N) is 1. The second-order valence-corrected chi connectivity index (χ2v) is 7.23. The summed E-state index contributed by atoms with van der Waals surface area (Å²) >= 11 is 0. The van der Waals surface area contributed by atoms with Crippen molar-refractivity contribution in [2.75, 3.05) is 10.6 Å². The maximum Gasteiger partial charge on any atom is 0.0424 e. The SMILES string of the molecule is CCc1ccc(N)cc1N(C1CCCCC1)C1CCCCC1. The topological polar surface area (TPSA) is 29.3 Å². The van der Waals surface area contributed by atoms with Crippen LogP contribution in [0.3, 0.4) is 0 Å².